The highest BCUT2D eigenvalue weighted by Crippen LogP contribution is 2.22. The van der Waals surface area contributed by atoms with E-state index < -0.39 is 24.1 Å². The first kappa shape index (κ1) is 13.9. The minimum Gasteiger partial charge on any atom is -0.306 e. The Kier molecular flexibility index (Phi) is 4.32. The van der Waals surface area contributed by atoms with Gasteiger partial charge in [0.15, 0.2) is 0 Å². The molecule has 0 fully saturated rings. The first-order chi connectivity index (χ1) is 6.59. The van der Waals surface area contributed by atoms with Gasteiger partial charge in [-0.3, -0.25) is 5.41 Å². The second-order valence-corrected chi connectivity index (χ2v) is 2.58. The van der Waals surface area contributed by atoms with Gasteiger partial charge < -0.3 is 5.32 Å². The first-order valence-electron chi connectivity index (χ1n) is 3.67. The summed E-state index contributed by atoms with van der Waals surface area (Å²) in [5, 5.41) is 8.18. The minimum absolute atomic E-state index is 0.0780. The molecular formula is C7H8F6N2. The zero-order chi connectivity index (χ0) is 12.3. The summed E-state index contributed by atoms with van der Waals surface area (Å²) in [6, 6.07) is -2.19. The van der Waals surface area contributed by atoms with Crippen molar-refractivity contribution in [3.63, 3.8) is 0 Å². The molecule has 0 aromatic carbocycles. The van der Waals surface area contributed by atoms with Gasteiger partial charge in [0.2, 0.25) is 0 Å². The molecule has 0 aromatic rings. The number of alkyl halides is 6. The van der Waals surface area contributed by atoms with E-state index in [2.05, 4.69) is 0 Å². The number of hydrogen-bond acceptors (Lipinski definition) is 2. The van der Waals surface area contributed by atoms with E-state index in [9.17, 15) is 26.3 Å². The van der Waals surface area contributed by atoms with Crippen LogP contribution in [0.25, 0.3) is 0 Å². The van der Waals surface area contributed by atoms with Gasteiger partial charge in [0.05, 0.1) is 0 Å². The van der Waals surface area contributed by atoms with Crippen molar-refractivity contribution in [3.05, 3.63) is 12.2 Å². The van der Waals surface area contributed by atoms with Gasteiger partial charge in [-0.1, -0.05) is 6.08 Å². The van der Waals surface area contributed by atoms with Gasteiger partial charge in [0.1, 0.15) is 11.8 Å². The van der Waals surface area contributed by atoms with Crippen LogP contribution < -0.4 is 5.32 Å². The van der Waals surface area contributed by atoms with E-state index in [1.807, 2.05) is 0 Å². The smallest absolute Gasteiger partial charge is 0.306 e. The molecule has 2 N–H and O–H groups in total. The lowest BCUT2D eigenvalue weighted by Crippen LogP contribution is -2.38. The first-order valence-corrected chi connectivity index (χ1v) is 3.67. The van der Waals surface area contributed by atoms with E-state index in [0.29, 0.717) is 0 Å². The van der Waals surface area contributed by atoms with E-state index in [1.165, 1.54) is 0 Å². The zero-order valence-corrected chi connectivity index (χ0v) is 7.50. The second kappa shape index (κ2) is 4.65. The molecule has 2 nitrogen and oxygen atoms in total. The predicted molar refractivity (Wildman–Crippen MR) is 41.8 cm³/mol. The molecule has 0 bridgehead atoms. The molecule has 0 aliphatic carbocycles. The molecule has 0 saturated carbocycles. The lowest BCUT2D eigenvalue weighted by atomic mass is 10.2. The van der Waals surface area contributed by atoms with Gasteiger partial charge in [-0.05, 0) is 13.1 Å². The van der Waals surface area contributed by atoms with Crippen LogP contribution >= 0.6 is 0 Å². The van der Waals surface area contributed by atoms with Crippen LogP contribution in [0.1, 0.15) is 0 Å². The van der Waals surface area contributed by atoms with E-state index in [1.54, 1.807) is 5.32 Å². The Morgan fingerprint density at radius 3 is 1.93 bits per heavy atom. The number of halogens is 6. The van der Waals surface area contributed by atoms with E-state index in [-0.39, 0.29) is 12.2 Å². The summed E-state index contributed by atoms with van der Waals surface area (Å²) in [5.74, 6) is 0. The lowest BCUT2D eigenvalue weighted by molar-refractivity contribution is -0.143. The minimum atomic E-state index is -4.93. The normalized spacial score (nSPS) is 15.7. The fourth-order valence-corrected chi connectivity index (χ4v) is 0.656. The Morgan fingerprint density at radius 1 is 1.20 bits per heavy atom. The number of nitrogens with one attached hydrogen (secondary N) is 2. The van der Waals surface area contributed by atoms with Crippen molar-refractivity contribution in [1.29, 1.82) is 5.41 Å². The van der Waals surface area contributed by atoms with Crippen molar-refractivity contribution in [1.82, 2.24) is 5.32 Å². The van der Waals surface area contributed by atoms with Gasteiger partial charge in [0.25, 0.3) is 0 Å². The third kappa shape index (κ3) is 4.82. The Labute approximate surface area is 81.5 Å². The summed E-state index contributed by atoms with van der Waals surface area (Å²) in [7, 11) is 0.958. The quantitative estimate of drug-likeness (QED) is 0.570. The van der Waals surface area contributed by atoms with E-state index in [0.717, 1.165) is 7.05 Å². The molecule has 0 aliphatic rings. The average molecular weight is 234 g/mol. The summed E-state index contributed by atoms with van der Waals surface area (Å²) in [6.07, 6.45) is -9.29. The summed E-state index contributed by atoms with van der Waals surface area (Å²) in [5.41, 5.74) is -1.83. The summed E-state index contributed by atoms with van der Waals surface area (Å²) >= 11 is 0. The average Bonchev–Trinajstić information content (AvgIpc) is 2.00. The van der Waals surface area contributed by atoms with Crippen molar-refractivity contribution in [2.24, 2.45) is 0 Å². The molecule has 0 aliphatic heterocycles. The molecular weight excluding hydrogens is 226 g/mol. The van der Waals surface area contributed by atoms with Gasteiger partial charge in [-0.25, -0.2) is 0 Å². The van der Waals surface area contributed by atoms with Crippen LogP contribution in [-0.2, 0) is 0 Å². The number of rotatable bonds is 3. The maximum Gasteiger partial charge on any atom is 0.432 e. The van der Waals surface area contributed by atoms with Gasteiger partial charge in [-0.15, -0.1) is 0 Å². The monoisotopic (exact) mass is 234 g/mol. The number of likely N-dealkylation sites (N-methyl/N-ethyl adjacent to an activating group) is 1. The van der Waals surface area contributed by atoms with Crippen LogP contribution in [0.5, 0.6) is 0 Å². The van der Waals surface area contributed by atoms with Gasteiger partial charge in [0, 0.05) is 0 Å². The Hall–Kier alpha value is -1.05. The number of allylic oxidation sites excluding steroid dienone is 1. The Balaban J connectivity index is 4.58. The molecule has 0 spiro atoms. The highest BCUT2D eigenvalue weighted by Gasteiger charge is 2.38. The molecule has 0 saturated heterocycles. The van der Waals surface area contributed by atoms with E-state index in [4.69, 9.17) is 5.41 Å². The van der Waals surface area contributed by atoms with Crippen molar-refractivity contribution >= 4 is 5.71 Å². The van der Waals surface area contributed by atoms with Crippen LogP contribution in [0.15, 0.2) is 12.2 Å². The molecule has 88 valence electrons. The summed E-state index contributed by atoms with van der Waals surface area (Å²) in [4.78, 5) is 0. The molecule has 1 atom stereocenters. The highest BCUT2D eigenvalue weighted by atomic mass is 19.4. The molecule has 1 unspecified atom stereocenters. The predicted octanol–water partition coefficient (Wildman–Crippen LogP) is 2.27. The zero-order valence-electron chi connectivity index (χ0n) is 7.50. The van der Waals surface area contributed by atoms with Crippen LogP contribution in [0.4, 0.5) is 26.3 Å². The SMILES string of the molecule is CNC(C=CC(=N)C(F)(F)F)C(F)(F)F. The largest absolute Gasteiger partial charge is 0.432 e. The standard InChI is InChI=1S/C7H8F6N2/c1-15-5(7(11,12)13)3-2-4(14)6(8,9)10/h2-3,5,14-15H,1H3. The topological polar surface area (TPSA) is 35.9 Å². The number of hydrogen-bond donors (Lipinski definition) is 2. The third-order valence-corrected chi connectivity index (χ3v) is 1.42. The Bertz CT molecular complexity index is 251. The molecule has 0 radical (unpaired) electrons. The molecule has 8 heteroatoms. The molecule has 0 heterocycles. The van der Waals surface area contributed by atoms with Crippen LogP contribution in [0, 0.1) is 5.41 Å². The molecule has 0 rings (SSSR count). The van der Waals surface area contributed by atoms with Gasteiger partial charge in [-0.2, -0.15) is 26.3 Å². The molecule has 0 amide bonds. The molecule has 15 heavy (non-hydrogen) atoms. The van der Waals surface area contributed by atoms with Crippen molar-refractivity contribution in [2.45, 2.75) is 18.4 Å². The van der Waals surface area contributed by atoms with Crippen LogP contribution in [-0.4, -0.2) is 31.2 Å². The maximum atomic E-state index is 12.0. The van der Waals surface area contributed by atoms with Crippen LogP contribution in [0.3, 0.4) is 0 Å². The van der Waals surface area contributed by atoms with Crippen molar-refractivity contribution in [2.75, 3.05) is 7.05 Å². The van der Waals surface area contributed by atoms with Gasteiger partial charge >= 0.3 is 12.4 Å². The summed E-state index contributed by atoms with van der Waals surface area (Å²) < 4.78 is 71.2. The fraction of sp³-hybridized carbons (Fsp3) is 0.571. The second-order valence-electron chi connectivity index (χ2n) is 2.58. The van der Waals surface area contributed by atoms with Crippen molar-refractivity contribution in [3.8, 4) is 0 Å². The maximum absolute atomic E-state index is 12.0. The lowest BCUT2D eigenvalue weighted by Gasteiger charge is -2.15. The van der Waals surface area contributed by atoms with E-state index >= 15 is 0 Å². The molecule has 0 aromatic heterocycles. The third-order valence-electron chi connectivity index (χ3n) is 1.42. The highest BCUT2D eigenvalue weighted by molar-refractivity contribution is 5.96. The van der Waals surface area contributed by atoms with Crippen molar-refractivity contribution < 1.29 is 26.3 Å². The summed E-state index contributed by atoms with van der Waals surface area (Å²) in [6.45, 7) is 0. The van der Waals surface area contributed by atoms with Crippen LogP contribution in [0.2, 0.25) is 0 Å². The fourth-order valence-electron chi connectivity index (χ4n) is 0.656. The Morgan fingerprint density at radius 2 is 1.67 bits per heavy atom.